The molecule has 3 unspecified atom stereocenters. The lowest BCUT2D eigenvalue weighted by Crippen LogP contribution is -2.63. The minimum Gasteiger partial charge on any atom is -0.481 e. The molecule has 3 fully saturated rings. The highest BCUT2D eigenvalue weighted by molar-refractivity contribution is 5.98. The maximum absolute atomic E-state index is 14.7. The molecule has 0 saturated carbocycles. The summed E-state index contributed by atoms with van der Waals surface area (Å²) in [5, 5.41) is 20.6. The summed E-state index contributed by atoms with van der Waals surface area (Å²) in [6.07, 6.45) is 2.80. The lowest BCUT2D eigenvalue weighted by atomic mass is 9.62. The summed E-state index contributed by atoms with van der Waals surface area (Å²) in [5.74, 6) is -4.10. The van der Waals surface area contributed by atoms with Gasteiger partial charge in [-0.15, -0.1) is 6.58 Å². The van der Waals surface area contributed by atoms with Gasteiger partial charge in [-0.1, -0.05) is 47.6 Å². The molecule has 2 amide bonds. The molecular formula is C28H46N2O6. The Morgan fingerprint density at radius 3 is 2.31 bits per heavy atom. The zero-order chi connectivity index (χ0) is 27.6. The van der Waals surface area contributed by atoms with Crippen LogP contribution < -0.4 is 0 Å². The maximum atomic E-state index is 14.7. The van der Waals surface area contributed by atoms with Crippen LogP contribution in [0.4, 0.5) is 0 Å². The lowest BCUT2D eigenvalue weighted by molar-refractivity contribution is -0.163. The molecule has 3 aliphatic heterocycles. The number of aliphatic carboxylic acids is 1. The Morgan fingerprint density at radius 1 is 1.28 bits per heavy atom. The van der Waals surface area contributed by atoms with Crippen molar-refractivity contribution in [2.45, 2.75) is 104 Å². The average molecular weight is 507 g/mol. The normalized spacial score (nSPS) is 34.8. The highest BCUT2D eigenvalue weighted by Gasteiger charge is 2.80. The van der Waals surface area contributed by atoms with Crippen molar-refractivity contribution in [3.05, 3.63) is 12.7 Å². The molecule has 3 aliphatic rings. The summed E-state index contributed by atoms with van der Waals surface area (Å²) in [7, 11) is 0. The van der Waals surface area contributed by atoms with E-state index < -0.39 is 52.5 Å². The van der Waals surface area contributed by atoms with Gasteiger partial charge in [0.1, 0.15) is 17.6 Å². The topological polar surface area (TPSA) is 107 Å². The number of hydrogen-bond donors (Lipinski definition) is 2. The molecule has 204 valence electrons. The van der Waals surface area contributed by atoms with E-state index in [1.807, 2.05) is 34.6 Å². The Kier molecular flexibility index (Phi) is 7.25. The molecule has 36 heavy (non-hydrogen) atoms. The van der Waals surface area contributed by atoms with Gasteiger partial charge >= 0.3 is 5.97 Å². The van der Waals surface area contributed by atoms with Crippen molar-refractivity contribution in [3.8, 4) is 0 Å². The van der Waals surface area contributed by atoms with Crippen molar-refractivity contribution in [1.29, 1.82) is 0 Å². The molecule has 0 aliphatic carbocycles. The van der Waals surface area contributed by atoms with Crippen LogP contribution in [0.25, 0.3) is 0 Å². The van der Waals surface area contributed by atoms with Gasteiger partial charge in [0.15, 0.2) is 0 Å². The number of fused-ring (bicyclic) bond motifs is 1. The molecule has 3 saturated heterocycles. The van der Waals surface area contributed by atoms with Crippen LogP contribution in [0.15, 0.2) is 12.7 Å². The molecule has 3 rings (SSSR count). The van der Waals surface area contributed by atoms with Gasteiger partial charge in [0, 0.05) is 12.1 Å². The molecule has 2 bridgehead atoms. The molecule has 1 spiro atoms. The van der Waals surface area contributed by atoms with Crippen LogP contribution in [0.5, 0.6) is 0 Å². The number of carboxylic acids is 1. The predicted octanol–water partition coefficient (Wildman–Crippen LogP) is 3.33. The molecule has 0 radical (unpaired) electrons. The Bertz CT molecular complexity index is 923. The van der Waals surface area contributed by atoms with Crippen LogP contribution >= 0.6 is 0 Å². The van der Waals surface area contributed by atoms with E-state index in [1.165, 1.54) is 4.90 Å². The number of aliphatic hydroxyl groups excluding tert-OH is 1. The van der Waals surface area contributed by atoms with Crippen molar-refractivity contribution in [2.24, 2.45) is 29.1 Å². The largest absolute Gasteiger partial charge is 0.481 e. The van der Waals surface area contributed by atoms with Gasteiger partial charge < -0.3 is 24.7 Å². The van der Waals surface area contributed by atoms with E-state index in [0.717, 1.165) is 0 Å². The lowest BCUT2D eigenvalue weighted by Gasteiger charge is -2.47. The Balaban J connectivity index is 2.22. The monoisotopic (exact) mass is 506 g/mol. The van der Waals surface area contributed by atoms with Gasteiger partial charge in [-0.3, -0.25) is 14.4 Å². The number of hydrogen-bond acceptors (Lipinski definition) is 5. The van der Waals surface area contributed by atoms with Gasteiger partial charge in [0.2, 0.25) is 11.8 Å². The van der Waals surface area contributed by atoms with Gasteiger partial charge in [-0.25, -0.2) is 0 Å². The standard InChI is InChI=1S/C28H46N2O6/c1-11-12-29(26(8,9)15-25(5,6)7)23(33)21-28-13-17(4)27(10,36-28)20(24(34)35)19(28)22(32)30(21)18(14-31)16(2)3/h11,16-21,31H,1,12-15H2,2-10H3,(H,34,35)/t17?,18-,19-,20+,21?,27-,28?/m0/s1. The number of rotatable bonds is 9. The highest BCUT2D eigenvalue weighted by atomic mass is 16.5. The van der Waals surface area contributed by atoms with Crippen molar-refractivity contribution in [1.82, 2.24) is 9.80 Å². The van der Waals surface area contributed by atoms with E-state index in [-0.39, 0.29) is 36.3 Å². The first-order chi connectivity index (χ1) is 16.4. The van der Waals surface area contributed by atoms with Gasteiger partial charge in [0.05, 0.1) is 24.2 Å². The zero-order valence-corrected chi connectivity index (χ0v) is 23.5. The fourth-order valence-electron chi connectivity index (χ4n) is 7.61. The third-order valence-corrected chi connectivity index (χ3v) is 8.84. The number of aliphatic hydroxyl groups is 1. The molecule has 0 aromatic carbocycles. The van der Waals surface area contributed by atoms with Crippen molar-refractivity contribution in [2.75, 3.05) is 13.2 Å². The molecular weight excluding hydrogens is 460 g/mol. The van der Waals surface area contributed by atoms with E-state index in [0.29, 0.717) is 12.8 Å². The number of carbonyl (C=O) groups is 3. The molecule has 0 aromatic heterocycles. The molecule has 2 N–H and O–H groups in total. The van der Waals surface area contributed by atoms with Gasteiger partial charge in [0.25, 0.3) is 0 Å². The number of nitrogens with zero attached hydrogens (tertiary/aromatic N) is 2. The van der Waals surface area contributed by atoms with E-state index in [2.05, 4.69) is 27.4 Å². The Labute approximate surface area is 216 Å². The van der Waals surface area contributed by atoms with Gasteiger partial charge in [-0.2, -0.15) is 0 Å². The van der Waals surface area contributed by atoms with Crippen LogP contribution in [0.2, 0.25) is 0 Å². The second kappa shape index (κ2) is 9.12. The molecule has 3 heterocycles. The molecule has 0 aromatic rings. The number of likely N-dealkylation sites (tertiary alicyclic amines) is 1. The number of ether oxygens (including phenoxy) is 1. The van der Waals surface area contributed by atoms with Crippen LogP contribution in [0, 0.1) is 29.1 Å². The van der Waals surface area contributed by atoms with E-state index in [9.17, 15) is 24.6 Å². The van der Waals surface area contributed by atoms with Crippen LogP contribution in [0.1, 0.15) is 75.2 Å². The smallest absolute Gasteiger partial charge is 0.310 e. The van der Waals surface area contributed by atoms with E-state index in [4.69, 9.17) is 4.74 Å². The second-order valence-electron chi connectivity index (χ2n) is 13.6. The summed E-state index contributed by atoms with van der Waals surface area (Å²) < 4.78 is 6.61. The fourth-order valence-corrected chi connectivity index (χ4v) is 7.61. The highest BCUT2D eigenvalue weighted by Crippen LogP contribution is 2.65. The number of amides is 2. The van der Waals surface area contributed by atoms with Gasteiger partial charge in [-0.05, 0) is 50.9 Å². The van der Waals surface area contributed by atoms with Crippen molar-refractivity contribution >= 4 is 17.8 Å². The molecule has 8 nitrogen and oxygen atoms in total. The number of carbonyl (C=O) groups excluding carboxylic acids is 2. The quantitative estimate of drug-likeness (QED) is 0.465. The summed E-state index contributed by atoms with van der Waals surface area (Å²) >= 11 is 0. The van der Waals surface area contributed by atoms with E-state index >= 15 is 0 Å². The Morgan fingerprint density at radius 2 is 1.86 bits per heavy atom. The fraction of sp³-hybridized carbons (Fsp3) is 0.821. The van der Waals surface area contributed by atoms with Crippen molar-refractivity contribution in [3.63, 3.8) is 0 Å². The van der Waals surface area contributed by atoms with Crippen LogP contribution in [-0.4, -0.2) is 79.8 Å². The minimum atomic E-state index is -1.26. The minimum absolute atomic E-state index is 0.0700. The third-order valence-electron chi connectivity index (χ3n) is 8.84. The summed E-state index contributed by atoms with van der Waals surface area (Å²) in [6, 6.07) is -1.66. The molecule has 7 atom stereocenters. The van der Waals surface area contributed by atoms with Crippen molar-refractivity contribution < 1.29 is 29.3 Å². The van der Waals surface area contributed by atoms with Crippen LogP contribution in [0.3, 0.4) is 0 Å². The second-order valence-corrected chi connectivity index (χ2v) is 13.6. The summed E-state index contributed by atoms with van der Waals surface area (Å²) in [4.78, 5) is 44.5. The third kappa shape index (κ3) is 4.18. The zero-order valence-electron chi connectivity index (χ0n) is 23.5. The predicted molar refractivity (Wildman–Crippen MR) is 137 cm³/mol. The first-order valence-electron chi connectivity index (χ1n) is 13.2. The Hall–Kier alpha value is -1.93. The summed E-state index contributed by atoms with van der Waals surface area (Å²) in [6.45, 7) is 21.7. The first kappa shape index (κ1) is 28.6. The SMILES string of the molecule is C=CCN(C(=O)C1N([C@@H](CO)C(C)C)C(=O)[C@@H]2[C@H](C(=O)O)[C@@]3(C)OC12CC3C)C(C)(C)CC(C)(C)C. The summed E-state index contributed by atoms with van der Waals surface area (Å²) in [5.41, 5.74) is -2.95. The average Bonchev–Trinajstić information content (AvgIpc) is 3.21. The molecule has 8 heteroatoms. The first-order valence-corrected chi connectivity index (χ1v) is 13.2. The van der Waals surface area contributed by atoms with E-state index in [1.54, 1.807) is 17.9 Å². The van der Waals surface area contributed by atoms with Crippen LogP contribution in [-0.2, 0) is 19.1 Å². The number of carboxylic acid groups (broad SMARTS) is 1. The maximum Gasteiger partial charge on any atom is 0.310 e.